The molecule has 0 saturated carbocycles. The summed E-state index contributed by atoms with van der Waals surface area (Å²) in [5.41, 5.74) is 5.65. The highest BCUT2D eigenvalue weighted by molar-refractivity contribution is 7.17. The predicted molar refractivity (Wildman–Crippen MR) is 129 cm³/mol. The summed E-state index contributed by atoms with van der Waals surface area (Å²) in [7, 11) is 0. The molecule has 2 aromatic heterocycles. The molecule has 0 spiro atoms. The van der Waals surface area contributed by atoms with E-state index in [1.54, 1.807) is 11.6 Å². The highest BCUT2D eigenvalue weighted by atomic mass is 32.1. The van der Waals surface area contributed by atoms with Gasteiger partial charge >= 0.3 is 5.97 Å². The molecule has 1 N–H and O–H groups in total. The number of esters is 1. The van der Waals surface area contributed by atoms with E-state index in [1.807, 2.05) is 75.4 Å². The Balaban J connectivity index is 1.42. The Hall–Kier alpha value is -3.78. The fourth-order valence-electron chi connectivity index (χ4n) is 3.42. The van der Waals surface area contributed by atoms with Crippen LogP contribution in [0.25, 0.3) is 16.3 Å². The maximum atomic E-state index is 12.6. The van der Waals surface area contributed by atoms with Crippen LogP contribution < -0.4 is 5.32 Å². The van der Waals surface area contributed by atoms with Crippen molar-refractivity contribution in [1.29, 1.82) is 0 Å². The van der Waals surface area contributed by atoms with Crippen LogP contribution in [0.3, 0.4) is 0 Å². The van der Waals surface area contributed by atoms with Crippen molar-refractivity contribution in [2.24, 2.45) is 0 Å². The number of thiazole rings is 1. The van der Waals surface area contributed by atoms with E-state index in [9.17, 15) is 9.59 Å². The summed E-state index contributed by atoms with van der Waals surface area (Å²) in [6.45, 7) is 7.09. The number of carbonyl (C=O) groups is 2. The van der Waals surface area contributed by atoms with Gasteiger partial charge in [0.2, 0.25) is 0 Å². The van der Waals surface area contributed by atoms with Crippen molar-refractivity contribution in [2.45, 2.75) is 27.7 Å². The monoisotopic (exact) mass is 460 g/mol. The zero-order valence-electron chi connectivity index (χ0n) is 18.9. The number of ether oxygens (including phenoxy) is 1. The number of nitrogens with zero attached hydrogens (tertiary/aromatic N) is 3. The van der Waals surface area contributed by atoms with Gasteiger partial charge in [-0.2, -0.15) is 5.10 Å². The van der Waals surface area contributed by atoms with Gasteiger partial charge in [-0.3, -0.25) is 4.79 Å². The molecule has 2 aromatic carbocycles. The van der Waals surface area contributed by atoms with E-state index in [0.717, 1.165) is 27.5 Å². The van der Waals surface area contributed by atoms with Crippen molar-refractivity contribution in [1.82, 2.24) is 14.8 Å². The Morgan fingerprint density at radius 1 is 0.970 bits per heavy atom. The van der Waals surface area contributed by atoms with Gasteiger partial charge in [-0.05, 0) is 39.8 Å². The zero-order chi connectivity index (χ0) is 23.5. The van der Waals surface area contributed by atoms with Gasteiger partial charge in [0, 0.05) is 5.56 Å². The van der Waals surface area contributed by atoms with Gasteiger partial charge in [0.15, 0.2) is 6.61 Å². The number of hydrogen-bond donors (Lipinski definition) is 1. The molecule has 4 aromatic rings. The molecule has 0 aliphatic rings. The molecular weight excluding hydrogens is 436 g/mol. The Labute approximate surface area is 196 Å². The first-order valence-corrected chi connectivity index (χ1v) is 11.3. The van der Waals surface area contributed by atoms with Crippen molar-refractivity contribution in [3.05, 3.63) is 82.1 Å². The molecule has 8 heteroatoms. The molecule has 2 heterocycles. The molecule has 1 amide bonds. The molecular formula is C25H24N4O3S. The van der Waals surface area contributed by atoms with Crippen molar-refractivity contribution in [3.8, 4) is 16.3 Å². The molecule has 0 unspecified atom stereocenters. The zero-order valence-corrected chi connectivity index (χ0v) is 19.7. The SMILES string of the molecule is Cc1ccc(-n2nc(C)c(NC(=O)COC(=O)c3sc(-c4ccccc4)nc3C)c2C)cc1. The maximum absolute atomic E-state index is 12.6. The molecule has 168 valence electrons. The topological polar surface area (TPSA) is 86.1 Å². The highest BCUT2D eigenvalue weighted by Crippen LogP contribution is 2.28. The van der Waals surface area contributed by atoms with Crippen molar-refractivity contribution in [3.63, 3.8) is 0 Å². The quantitative estimate of drug-likeness (QED) is 0.408. The molecule has 33 heavy (non-hydrogen) atoms. The second-order valence-electron chi connectivity index (χ2n) is 7.72. The minimum Gasteiger partial charge on any atom is -0.451 e. The summed E-state index contributed by atoms with van der Waals surface area (Å²) in [4.78, 5) is 29.9. The van der Waals surface area contributed by atoms with Gasteiger partial charge in [-0.25, -0.2) is 14.5 Å². The van der Waals surface area contributed by atoms with Gasteiger partial charge in [0.1, 0.15) is 9.88 Å². The predicted octanol–water partition coefficient (Wildman–Crippen LogP) is 5.02. The molecule has 0 saturated heterocycles. The first-order chi connectivity index (χ1) is 15.8. The summed E-state index contributed by atoms with van der Waals surface area (Å²) in [6.07, 6.45) is 0. The van der Waals surface area contributed by atoms with Crippen LogP contribution in [0.5, 0.6) is 0 Å². The van der Waals surface area contributed by atoms with Crippen LogP contribution in [-0.4, -0.2) is 33.2 Å². The van der Waals surface area contributed by atoms with E-state index in [4.69, 9.17) is 4.74 Å². The number of rotatable bonds is 6. The maximum Gasteiger partial charge on any atom is 0.350 e. The first-order valence-electron chi connectivity index (χ1n) is 10.5. The lowest BCUT2D eigenvalue weighted by molar-refractivity contribution is -0.119. The number of amides is 1. The number of anilines is 1. The van der Waals surface area contributed by atoms with E-state index >= 15 is 0 Å². The molecule has 0 aliphatic carbocycles. The summed E-state index contributed by atoms with van der Waals surface area (Å²) in [6, 6.07) is 17.6. The van der Waals surface area contributed by atoms with Crippen molar-refractivity contribution < 1.29 is 14.3 Å². The van der Waals surface area contributed by atoms with Crippen LogP contribution in [0.1, 0.15) is 32.3 Å². The van der Waals surface area contributed by atoms with E-state index in [-0.39, 0.29) is 0 Å². The van der Waals surface area contributed by atoms with E-state index in [1.165, 1.54) is 11.3 Å². The number of carbonyl (C=O) groups excluding carboxylic acids is 2. The van der Waals surface area contributed by atoms with Crippen LogP contribution in [0, 0.1) is 27.7 Å². The number of benzene rings is 2. The third kappa shape index (κ3) is 4.85. The molecule has 0 aliphatic heterocycles. The summed E-state index contributed by atoms with van der Waals surface area (Å²) in [5.74, 6) is -0.991. The lowest BCUT2D eigenvalue weighted by Crippen LogP contribution is -2.21. The Kier molecular flexibility index (Phi) is 6.37. The lowest BCUT2D eigenvalue weighted by Gasteiger charge is -2.08. The second-order valence-corrected chi connectivity index (χ2v) is 8.72. The van der Waals surface area contributed by atoms with E-state index in [2.05, 4.69) is 15.4 Å². The summed E-state index contributed by atoms with van der Waals surface area (Å²) in [5, 5.41) is 8.09. The second kappa shape index (κ2) is 9.38. The third-order valence-corrected chi connectivity index (χ3v) is 6.36. The van der Waals surface area contributed by atoms with Gasteiger partial charge in [0.05, 0.1) is 28.5 Å². The highest BCUT2D eigenvalue weighted by Gasteiger charge is 2.20. The normalized spacial score (nSPS) is 10.8. The molecule has 0 fully saturated rings. The fourth-order valence-corrected chi connectivity index (χ4v) is 4.39. The Morgan fingerprint density at radius 3 is 2.36 bits per heavy atom. The van der Waals surface area contributed by atoms with Crippen molar-refractivity contribution in [2.75, 3.05) is 11.9 Å². The van der Waals surface area contributed by atoms with E-state index < -0.39 is 18.5 Å². The Morgan fingerprint density at radius 2 is 1.67 bits per heavy atom. The standard InChI is InChI=1S/C25H24N4O3S/c1-15-10-12-20(13-11-15)29-18(4)22(16(2)28-29)27-21(30)14-32-25(31)23-17(3)26-24(33-23)19-8-6-5-7-9-19/h5-13H,14H2,1-4H3,(H,27,30). The number of nitrogens with one attached hydrogen (secondary N) is 1. The molecule has 0 radical (unpaired) electrons. The molecule has 0 atom stereocenters. The number of aromatic nitrogens is 3. The average Bonchev–Trinajstić information content (AvgIpc) is 3.33. The van der Waals surface area contributed by atoms with Gasteiger partial charge in [-0.15, -0.1) is 11.3 Å². The van der Waals surface area contributed by atoms with E-state index in [0.29, 0.717) is 22.0 Å². The largest absolute Gasteiger partial charge is 0.451 e. The number of hydrogen-bond acceptors (Lipinski definition) is 6. The third-order valence-electron chi connectivity index (χ3n) is 5.17. The summed E-state index contributed by atoms with van der Waals surface area (Å²) >= 11 is 1.25. The van der Waals surface area contributed by atoms with Crippen LogP contribution in [0.2, 0.25) is 0 Å². The minimum atomic E-state index is -0.564. The van der Waals surface area contributed by atoms with Crippen molar-refractivity contribution >= 4 is 28.9 Å². The van der Waals surface area contributed by atoms with Gasteiger partial charge in [-0.1, -0.05) is 48.0 Å². The molecule has 0 bridgehead atoms. The first kappa shape index (κ1) is 22.4. The fraction of sp³-hybridized carbons (Fsp3) is 0.200. The molecule has 7 nitrogen and oxygen atoms in total. The number of aryl methyl sites for hydroxylation is 3. The minimum absolute atomic E-state index is 0.390. The smallest absolute Gasteiger partial charge is 0.350 e. The van der Waals surface area contributed by atoms with Crippen LogP contribution in [0.4, 0.5) is 5.69 Å². The van der Waals surface area contributed by atoms with Gasteiger partial charge < -0.3 is 10.1 Å². The average molecular weight is 461 g/mol. The lowest BCUT2D eigenvalue weighted by atomic mass is 10.2. The van der Waals surface area contributed by atoms with Crippen LogP contribution in [0.15, 0.2) is 54.6 Å². The van der Waals surface area contributed by atoms with Crippen LogP contribution >= 0.6 is 11.3 Å². The Bertz CT molecular complexity index is 1310. The molecule has 4 rings (SSSR count). The van der Waals surface area contributed by atoms with Crippen LogP contribution in [-0.2, 0) is 9.53 Å². The summed E-state index contributed by atoms with van der Waals surface area (Å²) < 4.78 is 7.05. The van der Waals surface area contributed by atoms with Gasteiger partial charge in [0.25, 0.3) is 5.91 Å².